The van der Waals surface area contributed by atoms with Gasteiger partial charge < -0.3 is 10.1 Å². The van der Waals surface area contributed by atoms with Gasteiger partial charge in [-0.05, 0) is 42.9 Å². The number of fused-ring (bicyclic) bond motifs is 1. The third kappa shape index (κ3) is 4.91. The Morgan fingerprint density at radius 1 is 1.43 bits per heavy atom. The number of carbonyl (C=O) groups excluding carboxylic acids is 2. The molecule has 1 N–H and O–H groups in total. The summed E-state index contributed by atoms with van der Waals surface area (Å²) in [7, 11) is 0. The van der Waals surface area contributed by atoms with E-state index in [0.29, 0.717) is 21.4 Å². The fourth-order valence-electron chi connectivity index (χ4n) is 3.01. The molecule has 0 spiro atoms. The smallest absolute Gasteiger partial charge is 0.316 e. The van der Waals surface area contributed by atoms with E-state index in [9.17, 15) is 19.2 Å². The van der Waals surface area contributed by atoms with E-state index in [-0.39, 0.29) is 5.75 Å². The Morgan fingerprint density at radius 2 is 2.21 bits per heavy atom. The van der Waals surface area contributed by atoms with E-state index < -0.39 is 24.3 Å². The SMILES string of the molecule is C[C@@H]1CCc2c(sc(NC(=O)COC(=O)CSc3ccccc3F)c2C#N)C1. The Morgan fingerprint density at radius 3 is 2.96 bits per heavy atom. The Kier molecular flexibility index (Phi) is 6.70. The van der Waals surface area contributed by atoms with Crippen LogP contribution in [0, 0.1) is 23.1 Å². The number of ether oxygens (including phenoxy) is 1. The molecule has 1 aliphatic carbocycles. The number of halogens is 1. The van der Waals surface area contributed by atoms with Gasteiger partial charge in [-0.15, -0.1) is 23.1 Å². The maximum Gasteiger partial charge on any atom is 0.316 e. The lowest BCUT2D eigenvalue weighted by Gasteiger charge is -2.17. The first-order chi connectivity index (χ1) is 13.5. The summed E-state index contributed by atoms with van der Waals surface area (Å²) < 4.78 is 18.5. The van der Waals surface area contributed by atoms with Crippen molar-refractivity contribution in [3.05, 3.63) is 46.1 Å². The Bertz CT molecular complexity index is 936. The molecule has 0 saturated carbocycles. The van der Waals surface area contributed by atoms with Gasteiger partial charge in [0.15, 0.2) is 6.61 Å². The maximum absolute atomic E-state index is 13.5. The molecule has 0 bridgehead atoms. The number of hydrogen-bond donors (Lipinski definition) is 1. The number of nitrogens with one attached hydrogen (secondary N) is 1. The van der Waals surface area contributed by atoms with Gasteiger partial charge in [0, 0.05) is 9.77 Å². The van der Waals surface area contributed by atoms with E-state index in [1.165, 1.54) is 17.4 Å². The van der Waals surface area contributed by atoms with Gasteiger partial charge in [-0.2, -0.15) is 5.26 Å². The molecule has 1 aromatic heterocycles. The van der Waals surface area contributed by atoms with Crippen molar-refractivity contribution < 1.29 is 18.7 Å². The van der Waals surface area contributed by atoms with E-state index in [4.69, 9.17) is 4.74 Å². The number of carbonyl (C=O) groups is 2. The summed E-state index contributed by atoms with van der Waals surface area (Å²) in [6.07, 6.45) is 2.78. The average Bonchev–Trinajstić information content (AvgIpc) is 3.01. The fraction of sp³-hybridized carbons (Fsp3) is 0.350. The topological polar surface area (TPSA) is 79.2 Å². The molecule has 1 aromatic carbocycles. The summed E-state index contributed by atoms with van der Waals surface area (Å²) in [6.45, 7) is 1.73. The highest BCUT2D eigenvalue weighted by Crippen LogP contribution is 2.39. The van der Waals surface area contributed by atoms with Crippen LogP contribution in [0.4, 0.5) is 9.39 Å². The number of benzene rings is 1. The summed E-state index contributed by atoms with van der Waals surface area (Å²) in [5.74, 6) is -1.04. The first kappa shape index (κ1) is 20.4. The van der Waals surface area contributed by atoms with Crippen molar-refractivity contribution in [2.45, 2.75) is 31.1 Å². The predicted octanol–water partition coefficient (Wildman–Crippen LogP) is 4.16. The lowest BCUT2D eigenvalue weighted by Crippen LogP contribution is -2.21. The first-order valence-corrected chi connectivity index (χ1v) is 10.7. The van der Waals surface area contributed by atoms with E-state index in [1.54, 1.807) is 18.2 Å². The standard InChI is InChI=1S/C20H19FN2O3S2/c1-12-6-7-13-14(9-22)20(28-17(13)8-12)23-18(24)10-26-19(25)11-27-16-5-3-2-4-15(16)21/h2-5,12H,6-8,10-11H2,1H3,(H,23,24)/t12-/m1/s1. The number of nitriles is 1. The molecule has 5 nitrogen and oxygen atoms in total. The van der Waals surface area contributed by atoms with E-state index in [0.717, 1.165) is 41.5 Å². The van der Waals surface area contributed by atoms with Gasteiger partial charge in [-0.1, -0.05) is 19.1 Å². The Balaban J connectivity index is 1.51. The number of rotatable bonds is 6. The second kappa shape index (κ2) is 9.22. The second-order valence-corrected chi connectivity index (χ2v) is 8.72. The third-order valence-corrected chi connectivity index (χ3v) is 6.61. The van der Waals surface area contributed by atoms with Crippen LogP contribution < -0.4 is 5.32 Å². The minimum Gasteiger partial charge on any atom is -0.455 e. The highest BCUT2D eigenvalue weighted by molar-refractivity contribution is 8.00. The molecule has 1 amide bonds. The van der Waals surface area contributed by atoms with Crippen LogP contribution in [0.15, 0.2) is 29.2 Å². The van der Waals surface area contributed by atoms with Crippen molar-refractivity contribution in [2.75, 3.05) is 17.7 Å². The van der Waals surface area contributed by atoms with Crippen molar-refractivity contribution in [1.29, 1.82) is 5.26 Å². The van der Waals surface area contributed by atoms with Crippen LogP contribution in [-0.4, -0.2) is 24.2 Å². The molecule has 2 aromatic rings. The molecule has 28 heavy (non-hydrogen) atoms. The molecular formula is C20H19FN2O3S2. The summed E-state index contributed by atoms with van der Waals surface area (Å²) in [4.78, 5) is 25.4. The Hall–Kier alpha value is -2.37. The van der Waals surface area contributed by atoms with Crippen molar-refractivity contribution >= 4 is 40.0 Å². The van der Waals surface area contributed by atoms with Gasteiger partial charge in [0.2, 0.25) is 0 Å². The minimum absolute atomic E-state index is 0.0944. The molecule has 1 atom stereocenters. The highest BCUT2D eigenvalue weighted by Gasteiger charge is 2.24. The zero-order valence-electron chi connectivity index (χ0n) is 15.3. The van der Waals surface area contributed by atoms with Gasteiger partial charge in [0.25, 0.3) is 5.91 Å². The molecule has 0 radical (unpaired) electrons. The van der Waals surface area contributed by atoms with Gasteiger partial charge in [-0.3, -0.25) is 9.59 Å². The van der Waals surface area contributed by atoms with E-state index >= 15 is 0 Å². The third-order valence-electron chi connectivity index (χ3n) is 4.42. The van der Waals surface area contributed by atoms with Gasteiger partial charge in [-0.25, -0.2) is 4.39 Å². The largest absolute Gasteiger partial charge is 0.455 e. The summed E-state index contributed by atoms with van der Waals surface area (Å²) in [5.41, 5.74) is 1.54. The number of hydrogen-bond acceptors (Lipinski definition) is 6. The number of anilines is 1. The number of amides is 1. The zero-order chi connectivity index (χ0) is 20.1. The summed E-state index contributed by atoms with van der Waals surface area (Å²) in [5, 5.41) is 12.6. The van der Waals surface area contributed by atoms with Gasteiger partial charge >= 0.3 is 5.97 Å². The van der Waals surface area contributed by atoms with E-state index in [1.807, 2.05) is 0 Å². The van der Waals surface area contributed by atoms with Crippen LogP contribution in [0.25, 0.3) is 0 Å². The van der Waals surface area contributed by atoms with Crippen LogP contribution >= 0.6 is 23.1 Å². The lowest BCUT2D eigenvalue weighted by atomic mass is 9.89. The Labute approximate surface area is 170 Å². The summed E-state index contributed by atoms with van der Waals surface area (Å²) >= 11 is 2.43. The maximum atomic E-state index is 13.5. The van der Waals surface area contributed by atoms with E-state index in [2.05, 4.69) is 18.3 Å². The molecule has 8 heteroatoms. The number of thiophene rings is 1. The van der Waals surface area contributed by atoms with Crippen molar-refractivity contribution in [3.8, 4) is 6.07 Å². The van der Waals surface area contributed by atoms with Crippen molar-refractivity contribution in [1.82, 2.24) is 0 Å². The molecule has 1 aliphatic rings. The van der Waals surface area contributed by atoms with Crippen LogP contribution in [0.1, 0.15) is 29.3 Å². The second-order valence-electron chi connectivity index (χ2n) is 6.60. The van der Waals surface area contributed by atoms with Gasteiger partial charge in [0.1, 0.15) is 16.9 Å². The van der Waals surface area contributed by atoms with Crippen molar-refractivity contribution in [2.24, 2.45) is 5.92 Å². The average molecular weight is 419 g/mol. The van der Waals surface area contributed by atoms with Crippen LogP contribution in [0.3, 0.4) is 0 Å². The lowest BCUT2D eigenvalue weighted by molar-refractivity contribution is -0.144. The molecule has 1 heterocycles. The zero-order valence-corrected chi connectivity index (χ0v) is 16.9. The minimum atomic E-state index is -0.608. The number of nitrogens with zero attached hydrogens (tertiary/aromatic N) is 1. The number of esters is 1. The highest BCUT2D eigenvalue weighted by atomic mass is 32.2. The summed E-state index contributed by atoms with van der Waals surface area (Å²) in [6, 6.07) is 8.32. The number of thioether (sulfide) groups is 1. The molecular weight excluding hydrogens is 399 g/mol. The molecule has 0 saturated heterocycles. The van der Waals surface area contributed by atoms with Crippen LogP contribution in [0.5, 0.6) is 0 Å². The van der Waals surface area contributed by atoms with Gasteiger partial charge in [0.05, 0.1) is 11.3 Å². The molecule has 0 fully saturated rings. The monoisotopic (exact) mass is 418 g/mol. The normalized spacial score (nSPS) is 15.4. The molecule has 3 rings (SSSR count). The van der Waals surface area contributed by atoms with Crippen LogP contribution in [0.2, 0.25) is 0 Å². The van der Waals surface area contributed by atoms with Crippen molar-refractivity contribution in [3.63, 3.8) is 0 Å². The molecule has 0 unspecified atom stereocenters. The molecule has 146 valence electrons. The predicted molar refractivity (Wildman–Crippen MR) is 107 cm³/mol. The first-order valence-electron chi connectivity index (χ1n) is 8.85. The van der Waals surface area contributed by atoms with Crippen LogP contribution in [-0.2, 0) is 27.2 Å². The molecule has 0 aliphatic heterocycles. The quantitative estimate of drug-likeness (QED) is 0.563. The fourth-order valence-corrected chi connectivity index (χ4v) is 5.12.